The summed E-state index contributed by atoms with van der Waals surface area (Å²) in [4.78, 5) is 20.2. The first-order valence-corrected chi connectivity index (χ1v) is 12.0. The molecular formula is C28H32N4O2. The Morgan fingerprint density at radius 1 is 0.853 bits per heavy atom. The van der Waals surface area contributed by atoms with Gasteiger partial charge in [-0.3, -0.25) is 9.69 Å². The number of hydrogen-bond acceptors (Lipinski definition) is 5. The number of nitrogens with zero attached hydrogens (tertiary/aromatic N) is 3. The minimum atomic E-state index is -0.121. The predicted molar refractivity (Wildman–Crippen MR) is 137 cm³/mol. The lowest BCUT2D eigenvalue weighted by Crippen LogP contribution is -2.56. The maximum absolute atomic E-state index is 12.9. The summed E-state index contributed by atoms with van der Waals surface area (Å²) in [5.74, 6) is 0.843. The number of para-hydroxylation sites is 3. The summed E-state index contributed by atoms with van der Waals surface area (Å²) in [5.41, 5.74) is 4.14. The molecule has 0 spiro atoms. The Morgan fingerprint density at radius 3 is 2.35 bits per heavy atom. The van der Waals surface area contributed by atoms with Crippen molar-refractivity contribution < 1.29 is 9.53 Å². The van der Waals surface area contributed by atoms with E-state index in [0.29, 0.717) is 6.42 Å². The van der Waals surface area contributed by atoms with Crippen molar-refractivity contribution in [1.29, 1.82) is 0 Å². The highest BCUT2D eigenvalue weighted by molar-refractivity contribution is 6.02. The summed E-state index contributed by atoms with van der Waals surface area (Å²) >= 11 is 0. The van der Waals surface area contributed by atoms with Gasteiger partial charge in [-0.2, -0.15) is 0 Å². The molecule has 2 aliphatic heterocycles. The zero-order chi connectivity index (χ0) is 23.3. The van der Waals surface area contributed by atoms with E-state index < -0.39 is 0 Å². The van der Waals surface area contributed by atoms with Gasteiger partial charge < -0.3 is 19.9 Å². The Kier molecular flexibility index (Phi) is 6.67. The van der Waals surface area contributed by atoms with Gasteiger partial charge in [-0.1, -0.05) is 48.5 Å². The summed E-state index contributed by atoms with van der Waals surface area (Å²) in [7, 11) is 1.69. The summed E-state index contributed by atoms with van der Waals surface area (Å²) in [6.07, 6.45) is 0.565. The van der Waals surface area contributed by atoms with Crippen LogP contribution in [0.1, 0.15) is 15.9 Å². The Balaban J connectivity index is 1.29. The number of piperazine rings is 1. The first-order chi connectivity index (χ1) is 16.7. The largest absolute Gasteiger partial charge is 0.496 e. The molecule has 1 fully saturated rings. The second-order valence-electron chi connectivity index (χ2n) is 8.88. The van der Waals surface area contributed by atoms with Crippen LogP contribution < -0.4 is 19.9 Å². The predicted octanol–water partition coefficient (Wildman–Crippen LogP) is 3.64. The number of amides is 1. The fourth-order valence-corrected chi connectivity index (χ4v) is 5.03. The number of nitrogens with one attached hydrogen (secondary N) is 1. The van der Waals surface area contributed by atoms with E-state index in [0.717, 1.165) is 61.8 Å². The molecule has 1 unspecified atom stereocenters. The molecule has 1 atom stereocenters. The third-order valence-corrected chi connectivity index (χ3v) is 6.89. The Labute approximate surface area is 201 Å². The molecule has 1 N–H and O–H groups in total. The van der Waals surface area contributed by atoms with Crippen molar-refractivity contribution in [2.45, 2.75) is 12.6 Å². The zero-order valence-corrected chi connectivity index (χ0v) is 19.7. The van der Waals surface area contributed by atoms with Crippen LogP contribution >= 0.6 is 0 Å². The average Bonchev–Trinajstić information content (AvgIpc) is 2.90. The standard InChI is InChI=1S/C28H32N4O2/c1-34-26-14-8-5-9-22(26)21-27-29-28(33)24-12-6-7-13-25(24)32(27)20-17-30-15-18-31(19-16-30)23-10-3-2-4-11-23/h2-14,27H,15-21H2,1H3,(H,29,33). The molecule has 1 saturated heterocycles. The zero-order valence-electron chi connectivity index (χ0n) is 19.7. The molecule has 0 aliphatic carbocycles. The quantitative estimate of drug-likeness (QED) is 0.588. The molecule has 0 aromatic heterocycles. The third kappa shape index (κ3) is 4.73. The van der Waals surface area contributed by atoms with E-state index >= 15 is 0 Å². The molecule has 0 bridgehead atoms. The van der Waals surface area contributed by atoms with Gasteiger partial charge in [0.15, 0.2) is 0 Å². The van der Waals surface area contributed by atoms with Gasteiger partial charge in [-0.25, -0.2) is 0 Å². The lowest BCUT2D eigenvalue weighted by atomic mass is 10.0. The maximum atomic E-state index is 12.9. The van der Waals surface area contributed by atoms with E-state index in [1.165, 1.54) is 5.69 Å². The lowest BCUT2D eigenvalue weighted by Gasteiger charge is -2.41. The van der Waals surface area contributed by atoms with E-state index in [1.54, 1.807) is 7.11 Å². The van der Waals surface area contributed by atoms with Crippen LogP contribution in [0, 0.1) is 0 Å². The number of methoxy groups -OCH3 is 1. The van der Waals surface area contributed by atoms with Crippen LogP contribution in [0.4, 0.5) is 11.4 Å². The molecule has 2 heterocycles. The van der Waals surface area contributed by atoms with Gasteiger partial charge in [0.05, 0.1) is 18.4 Å². The SMILES string of the molecule is COc1ccccc1CC1NC(=O)c2ccccc2N1CCN1CCN(c2ccccc2)CC1. The van der Waals surface area contributed by atoms with Crippen LogP contribution in [0.5, 0.6) is 5.75 Å². The van der Waals surface area contributed by atoms with Crippen molar-refractivity contribution >= 4 is 17.3 Å². The number of rotatable bonds is 7. The van der Waals surface area contributed by atoms with Gasteiger partial charge in [0.25, 0.3) is 5.91 Å². The van der Waals surface area contributed by atoms with Crippen LogP contribution in [-0.4, -0.2) is 63.4 Å². The summed E-state index contributed by atoms with van der Waals surface area (Å²) < 4.78 is 5.58. The van der Waals surface area contributed by atoms with Gasteiger partial charge >= 0.3 is 0 Å². The average molecular weight is 457 g/mol. The molecule has 3 aromatic carbocycles. The molecule has 0 radical (unpaired) electrons. The highest BCUT2D eigenvalue weighted by Gasteiger charge is 2.31. The number of hydrogen-bond donors (Lipinski definition) is 1. The lowest BCUT2D eigenvalue weighted by molar-refractivity contribution is 0.0925. The highest BCUT2D eigenvalue weighted by atomic mass is 16.5. The maximum Gasteiger partial charge on any atom is 0.254 e. The van der Waals surface area contributed by atoms with E-state index in [1.807, 2.05) is 36.4 Å². The first-order valence-electron chi connectivity index (χ1n) is 12.0. The molecule has 2 aliphatic rings. The second-order valence-corrected chi connectivity index (χ2v) is 8.88. The molecular weight excluding hydrogens is 424 g/mol. The number of carbonyl (C=O) groups excluding carboxylic acids is 1. The minimum Gasteiger partial charge on any atom is -0.496 e. The number of fused-ring (bicyclic) bond motifs is 1. The van der Waals surface area contributed by atoms with Gasteiger partial charge in [0, 0.05) is 51.4 Å². The van der Waals surface area contributed by atoms with Crippen LogP contribution in [-0.2, 0) is 6.42 Å². The topological polar surface area (TPSA) is 48.1 Å². The third-order valence-electron chi connectivity index (χ3n) is 6.89. The van der Waals surface area contributed by atoms with Gasteiger partial charge in [-0.15, -0.1) is 0 Å². The van der Waals surface area contributed by atoms with Crippen LogP contribution in [0.15, 0.2) is 78.9 Å². The molecule has 6 heteroatoms. The summed E-state index contributed by atoms with van der Waals surface area (Å²) in [5, 5.41) is 3.24. The summed E-state index contributed by atoms with van der Waals surface area (Å²) in [6.45, 7) is 5.93. The summed E-state index contributed by atoms with van der Waals surface area (Å²) in [6, 6.07) is 26.6. The normalized spacial score (nSPS) is 18.4. The molecule has 176 valence electrons. The van der Waals surface area contributed by atoms with Crippen molar-refractivity contribution in [1.82, 2.24) is 10.2 Å². The van der Waals surface area contributed by atoms with E-state index in [9.17, 15) is 4.79 Å². The molecule has 1 amide bonds. The molecule has 6 nitrogen and oxygen atoms in total. The van der Waals surface area contributed by atoms with Crippen LogP contribution in [0.3, 0.4) is 0 Å². The van der Waals surface area contributed by atoms with E-state index in [2.05, 4.69) is 62.5 Å². The monoisotopic (exact) mass is 456 g/mol. The first kappa shape index (κ1) is 22.3. The molecule has 5 rings (SSSR count). The minimum absolute atomic E-state index is 0.0109. The Bertz CT molecular complexity index is 1110. The van der Waals surface area contributed by atoms with Crippen molar-refractivity contribution in [3.8, 4) is 5.75 Å². The molecule has 3 aromatic rings. The number of carbonyl (C=O) groups is 1. The van der Waals surface area contributed by atoms with Crippen LogP contribution in [0.2, 0.25) is 0 Å². The Hall–Kier alpha value is -3.51. The highest BCUT2D eigenvalue weighted by Crippen LogP contribution is 2.29. The Morgan fingerprint density at radius 2 is 1.56 bits per heavy atom. The number of anilines is 2. The van der Waals surface area contributed by atoms with E-state index in [-0.39, 0.29) is 12.1 Å². The van der Waals surface area contributed by atoms with E-state index in [4.69, 9.17) is 4.74 Å². The second kappa shape index (κ2) is 10.2. The van der Waals surface area contributed by atoms with Crippen molar-refractivity contribution in [3.05, 3.63) is 90.0 Å². The van der Waals surface area contributed by atoms with Gasteiger partial charge in [0.2, 0.25) is 0 Å². The molecule has 0 saturated carbocycles. The van der Waals surface area contributed by atoms with Gasteiger partial charge in [0.1, 0.15) is 11.9 Å². The van der Waals surface area contributed by atoms with Crippen LogP contribution in [0.25, 0.3) is 0 Å². The fourth-order valence-electron chi connectivity index (χ4n) is 5.03. The number of ether oxygens (including phenoxy) is 1. The van der Waals surface area contributed by atoms with Crippen molar-refractivity contribution in [3.63, 3.8) is 0 Å². The van der Waals surface area contributed by atoms with Gasteiger partial charge in [-0.05, 0) is 35.9 Å². The molecule has 34 heavy (non-hydrogen) atoms. The smallest absolute Gasteiger partial charge is 0.254 e. The van der Waals surface area contributed by atoms with Crippen molar-refractivity contribution in [2.75, 3.05) is 56.2 Å². The van der Waals surface area contributed by atoms with Crippen molar-refractivity contribution in [2.24, 2.45) is 0 Å². The number of benzene rings is 3. The fraction of sp³-hybridized carbons (Fsp3) is 0.321.